The lowest BCUT2D eigenvalue weighted by molar-refractivity contribution is -0.384. The number of nitro groups is 1. The van der Waals surface area contributed by atoms with Gasteiger partial charge in [-0.05, 0) is 35.9 Å². The number of anilines is 2. The number of carbonyl (C=O) groups is 3. The number of aliphatic carboxylic acids is 1. The molecule has 1 saturated heterocycles. The van der Waals surface area contributed by atoms with Crippen LogP contribution in [0, 0.1) is 21.7 Å². The molecule has 1 unspecified atom stereocenters. The van der Waals surface area contributed by atoms with Crippen molar-refractivity contribution in [2.45, 2.75) is 23.1 Å². The molecule has 2 atom stereocenters. The number of non-ortho nitro benzene ring substituents is 1. The van der Waals surface area contributed by atoms with Crippen molar-refractivity contribution in [2.75, 3.05) is 9.80 Å². The van der Waals surface area contributed by atoms with Crippen LogP contribution in [0.4, 0.5) is 25.8 Å². The summed E-state index contributed by atoms with van der Waals surface area (Å²) < 4.78 is 56.5. The molecule has 2 aliphatic heterocycles. The van der Waals surface area contributed by atoms with Gasteiger partial charge < -0.3 is 10.0 Å². The molecule has 0 aliphatic carbocycles. The number of hydrogen-bond donors (Lipinski definition) is 1. The zero-order valence-corrected chi connectivity index (χ0v) is 21.5. The first-order chi connectivity index (χ1) is 18.8. The van der Waals surface area contributed by atoms with Crippen molar-refractivity contribution in [2.24, 2.45) is 0 Å². The Balaban J connectivity index is 1.84. The van der Waals surface area contributed by atoms with Crippen LogP contribution in [0.1, 0.15) is 17.5 Å². The second-order valence-electron chi connectivity index (χ2n) is 9.03. The number of hydrogen-bond acceptors (Lipinski definition) is 7. The minimum absolute atomic E-state index is 0.129. The average molecular weight is 592 g/mol. The molecule has 2 heterocycles. The second kappa shape index (κ2) is 9.34. The number of carboxylic acids is 1. The minimum Gasteiger partial charge on any atom is -0.481 e. The summed E-state index contributed by atoms with van der Waals surface area (Å²) >= 11 is 6.06. The van der Waals surface area contributed by atoms with Crippen LogP contribution in [-0.4, -0.2) is 41.5 Å². The van der Waals surface area contributed by atoms with Gasteiger partial charge in [0.15, 0.2) is 16.9 Å². The van der Waals surface area contributed by atoms with Crippen LogP contribution in [0.2, 0.25) is 5.02 Å². The molecule has 1 N–H and O–H groups in total. The number of benzene rings is 3. The maximum Gasteiger partial charge on any atom is 0.305 e. The lowest BCUT2D eigenvalue weighted by Gasteiger charge is -2.32. The summed E-state index contributed by atoms with van der Waals surface area (Å²) in [5.41, 5.74) is -1.43. The second-order valence-corrected chi connectivity index (χ2v) is 11.7. The Bertz CT molecular complexity index is 1750. The summed E-state index contributed by atoms with van der Waals surface area (Å²) in [7, 11) is -5.19. The third-order valence-corrected chi connectivity index (χ3v) is 9.48. The van der Waals surface area contributed by atoms with E-state index in [0.29, 0.717) is 22.6 Å². The highest BCUT2D eigenvalue weighted by Gasteiger charge is 2.73. The van der Waals surface area contributed by atoms with Gasteiger partial charge in [0.1, 0.15) is 0 Å². The molecule has 1 fully saturated rings. The largest absolute Gasteiger partial charge is 0.481 e. The number of rotatable bonds is 6. The smallest absolute Gasteiger partial charge is 0.305 e. The third-order valence-electron chi connectivity index (χ3n) is 6.73. The van der Waals surface area contributed by atoms with Gasteiger partial charge in [0.25, 0.3) is 16.5 Å². The molecule has 0 aromatic heterocycles. The average Bonchev–Trinajstić information content (AvgIpc) is 3.22. The monoisotopic (exact) mass is 591 g/mol. The predicted molar refractivity (Wildman–Crippen MR) is 136 cm³/mol. The summed E-state index contributed by atoms with van der Waals surface area (Å²) in [6.07, 6.45) is -1.26. The molecule has 11 nitrogen and oxygen atoms in total. The van der Waals surface area contributed by atoms with Gasteiger partial charge in [-0.15, -0.1) is 0 Å². The van der Waals surface area contributed by atoms with E-state index in [2.05, 4.69) is 0 Å². The molecule has 1 spiro atoms. The van der Waals surface area contributed by atoms with Gasteiger partial charge in [0, 0.05) is 34.5 Å². The van der Waals surface area contributed by atoms with Gasteiger partial charge in [-0.2, -0.15) is 0 Å². The fraction of sp³-hybridized carbons (Fsp3) is 0.160. The van der Waals surface area contributed by atoms with Gasteiger partial charge in [-0.1, -0.05) is 23.7 Å². The van der Waals surface area contributed by atoms with Crippen LogP contribution >= 0.6 is 11.6 Å². The molecular formula is C25H16ClF2N3O8S. The van der Waals surface area contributed by atoms with Crippen LogP contribution in [0.5, 0.6) is 0 Å². The fourth-order valence-electron chi connectivity index (χ4n) is 5.07. The van der Waals surface area contributed by atoms with Crippen molar-refractivity contribution in [3.8, 4) is 0 Å². The Hall–Kier alpha value is -4.43. The number of amides is 2. The van der Waals surface area contributed by atoms with E-state index in [1.54, 1.807) is 18.2 Å². The molecular weight excluding hydrogens is 576 g/mol. The van der Waals surface area contributed by atoms with E-state index in [1.807, 2.05) is 0 Å². The molecule has 15 heteroatoms. The summed E-state index contributed by atoms with van der Waals surface area (Å²) in [6, 6.07) is 11.1. The van der Waals surface area contributed by atoms with Crippen LogP contribution in [0.3, 0.4) is 0 Å². The van der Waals surface area contributed by atoms with E-state index in [9.17, 15) is 46.8 Å². The minimum atomic E-state index is -5.19. The number of carboxylic acid groups (broad SMARTS) is 1. The standard InChI is InChI=1S/C25H16ClF2N3O8S/c26-14-3-1-2-13(8-14)12-29-20-7-5-16(31(36)37)9-17(20)25(24(29)35)30(15-4-6-18(27)19(28)10-15)23(34)21(11-22(32)33)40(25,38)39/h1-10,21H,11-12H2,(H,32,33)/t21?,25-/m1/s1. The van der Waals surface area contributed by atoms with Gasteiger partial charge in [0.05, 0.1) is 23.6 Å². The molecule has 206 valence electrons. The highest BCUT2D eigenvalue weighted by molar-refractivity contribution is 7.95. The Kier molecular flexibility index (Phi) is 6.34. The summed E-state index contributed by atoms with van der Waals surface area (Å²) in [5, 5.41) is 19.0. The number of nitro benzene ring substituents is 1. The number of carbonyl (C=O) groups excluding carboxylic acids is 2. The van der Waals surface area contributed by atoms with Crippen LogP contribution in [0.15, 0.2) is 60.7 Å². The molecule has 2 aliphatic rings. The van der Waals surface area contributed by atoms with Crippen molar-refractivity contribution in [3.63, 3.8) is 0 Å². The highest BCUT2D eigenvalue weighted by Crippen LogP contribution is 2.56. The Morgan fingerprint density at radius 1 is 1.07 bits per heavy atom. The Labute approximate surface area is 229 Å². The molecule has 3 aromatic rings. The first-order valence-electron chi connectivity index (χ1n) is 11.4. The number of nitrogens with zero attached hydrogens (tertiary/aromatic N) is 3. The lowest BCUT2D eigenvalue weighted by atomic mass is 10.0. The van der Waals surface area contributed by atoms with E-state index in [-0.39, 0.29) is 17.3 Å². The molecule has 0 saturated carbocycles. The quantitative estimate of drug-likeness (QED) is 0.337. The highest BCUT2D eigenvalue weighted by atomic mass is 35.5. The van der Waals surface area contributed by atoms with Gasteiger partial charge in [-0.25, -0.2) is 17.2 Å². The summed E-state index contributed by atoms with van der Waals surface area (Å²) in [5.74, 6) is -7.19. The van der Waals surface area contributed by atoms with Crippen LogP contribution < -0.4 is 9.80 Å². The molecule has 0 radical (unpaired) electrons. The van der Waals surface area contributed by atoms with Crippen molar-refractivity contribution >= 4 is 56.3 Å². The fourth-order valence-corrected chi connectivity index (χ4v) is 7.70. The number of sulfone groups is 1. The first kappa shape index (κ1) is 27.1. The van der Waals surface area contributed by atoms with E-state index in [4.69, 9.17) is 11.6 Å². The van der Waals surface area contributed by atoms with Crippen LogP contribution in [-0.2, 0) is 35.6 Å². The molecule has 5 rings (SSSR count). The van der Waals surface area contributed by atoms with Crippen LogP contribution in [0.25, 0.3) is 0 Å². The summed E-state index contributed by atoms with van der Waals surface area (Å²) in [4.78, 5) is 48.7. The van der Waals surface area contributed by atoms with Crippen molar-refractivity contribution < 1.29 is 41.6 Å². The summed E-state index contributed by atoms with van der Waals surface area (Å²) in [6.45, 7) is -0.301. The predicted octanol–water partition coefficient (Wildman–Crippen LogP) is 3.53. The first-order valence-corrected chi connectivity index (χ1v) is 13.3. The Morgan fingerprint density at radius 3 is 2.42 bits per heavy atom. The van der Waals surface area contributed by atoms with E-state index in [0.717, 1.165) is 29.2 Å². The SMILES string of the molecule is O=C(O)CC1C(=O)N(c2ccc(F)c(F)c2)[C@@]2(C(=O)N(Cc3cccc(Cl)c3)c3ccc([N+](=O)[O-])cc32)S1(=O)=O. The van der Waals surface area contributed by atoms with E-state index >= 15 is 0 Å². The van der Waals surface area contributed by atoms with E-state index < -0.39 is 77.7 Å². The van der Waals surface area contributed by atoms with Gasteiger partial charge in [0.2, 0.25) is 15.7 Å². The van der Waals surface area contributed by atoms with E-state index in [1.165, 1.54) is 6.07 Å². The number of halogens is 3. The van der Waals surface area contributed by atoms with Gasteiger partial charge >= 0.3 is 5.97 Å². The number of fused-ring (bicyclic) bond motifs is 2. The lowest BCUT2D eigenvalue weighted by Crippen LogP contribution is -2.54. The zero-order chi connectivity index (χ0) is 29.1. The maximum absolute atomic E-state index is 14.3. The molecule has 3 aromatic carbocycles. The normalized spacial score (nSPS) is 21.2. The van der Waals surface area contributed by atoms with Gasteiger partial charge in [-0.3, -0.25) is 29.4 Å². The molecule has 40 heavy (non-hydrogen) atoms. The maximum atomic E-state index is 14.3. The van der Waals surface area contributed by atoms with Crippen molar-refractivity contribution in [3.05, 3.63) is 98.6 Å². The molecule has 2 amide bonds. The topological polar surface area (TPSA) is 155 Å². The van der Waals surface area contributed by atoms with Crippen molar-refractivity contribution in [1.29, 1.82) is 0 Å². The zero-order valence-electron chi connectivity index (χ0n) is 20.0. The Morgan fingerprint density at radius 2 is 1.80 bits per heavy atom. The third kappa shape index (κ3) is 3.82. The molecule has 0 bridgehead atoms. The van der Waals surface area contributed by atoms with Crippen molar-refractivity contribution in [1.82, 2.24) is 0 Å².